The SMILES string of the molecule is O=C(CCCl)OCCN1CCCCC1. The van der Waals surface area contributed by atoms with Gasteiger partial charge in [0.05, 0.1) is 6.42 Å². The van der Waals surface area contributed by atoms with Crippen molar-refractivity contribution >= 4 is 17.6 Å². The average Bonchev–Trinajstić information content (AvgIpc) is 2.20. The minimum absolute atomic E-state index is 0.183. The van der Waals surface area contributed by atoms with Crippen molar-refractivity contribution in [3.63, 3.8) is 0 Å². The number of nitrogens with zero attached hydrogens (tertiary/aromatic N) is 1. The van der Waals surface area contributed by atoms with Gasteiger partial charge in [0, 0.05) is 12.4 Å². The lowest BCUT2D eigenvalue weighted by Gasteiger charge is -2.25. The molecule has 4 heteroatoms. The number of alkyl halides is 1. The van der Waals surface area contributed by atoms with Crippen LogP contribution in [0, 0.1) is 0 Å². The molecule has 0 aromatic carbocycles. The lowest BCUT2D eigenvalue weighted by atomic mass is 10.1. The molecule has 1 saturated heterocycles. The zero-order chi connectivity index (χ0) is 10.2. The van der Waals surface area contributed by atoms with Crippen molar-refractivity contribution in [3.8, 4) is 0 Å². The highest BCUT2D eigenvalue weighted by molar-refractivity contribution is 6.18. The quantitative estimate of drug-likeness (QED) is 0.520. The number of likely N-dealkylation sites (tertiary alicyclic amines) is 1. The third-order valence-electron chi connectivity index (χ3n) is 2.42. The van der Waals surface area contributed by atoms with Gasteiger partial charge in [-0.05, 0) is 25.9 Å². The predicted octanol–water partition coefficient (Wildman–Crippen LogP) is 1.64. The fraction of sp³-hybridized carbons (Fsp3) is 0.900. The Bertz CT molecular complexity index is 170. The van der Waals surface area contributed by atoms with Gasteiger partial charge in [-0.1, -0.05) is 6.42 Å². The number of carbonyl (C=O) groups is 1. The molecule has 3 nitrogen and oxygen atoms in total. The number of halogens is 1. The van der Waals surface area contributed by atoms with Gasteiger partial charge in [-0.2, -0.15) is 0 Å². The van der Waals surface area contributed by atoms with Gasteiger partial charge in [-0.25, -0.2) is 0 Å². The van der Waals surface area contributed by atoms with Crippen LogP contribution in [-0.4, -0.2) is 43.0 Å². The van der Waals surface area contributed by atoms with E-state index in [1.54, 1.807) is 0 Å². The molecule has 0 amide bonds. The third kappa shape index (κ3) is 4.82. The fourth-order valence-corrected chi connectivity index (χ4v) is 1.78. The van der Waals surface area contributed by atoms with Crippen LogP contribution in [0.5, 0.6) is 0 Å². The highest BCUT2D eigenvalue weighted by Crippen LogP contribution is 2.07. The fourth-order valence-electron chi connectivity index (χ4n) is 1.62. The molecule has 0 radical (unpaired) electrons. The summed E-state index contributed by atoms with van der Waals surface area (Å²) in [5.41, 5.74) is 0. The summed E-state index contributed by atoms with van der Waals surface area (Å²) in [4.78, 5) is 13.3. The Morgan fingerprint density at radius 1 is 1.29 bits per heavy atom. The lowest BCUT2D eigenvalue weighted by Crippen LogP contribution is -2.33. The van der Waals surface area contributed by atoms with Crippen molar-refractivity contribution in [1.29, 1.82) is 0 Å². The van der Waals surface area contributed by atoms with Crippen molar-refractivity contribution in [3.05, 3.63) is 0 Å². The second-order valence-electron chi connectivity index (χ2n) is 3.56. The van der Waals surface area contributed by atoms with Crippen LogP contribution in [0.1, 0.15) is 25.7 Å². The number of esters is 1. The van der Waals surface area contributed by atoms with E-state index in [0.29, 0.717) is 18.9 Å². The van der Waals surface area contributed by atoms with E-state index in [1.165, 1.54) is 19.3 Å². The molecule has 1 aliphatic rings. The molecule has 0 atom stereocenters. The van der Waals surface area contributed by atoms with E-state index >= 15 is 0 Å². The average molecular weight is 220 g/mol. The van der Waals surface area contributed by atoms with E-state index in [4.69, 9.17) is 16.3 Å². The Hall–Kier alpha value is -0.280. The number of rotatable bonds is 5. The van der Waals surface area contributed by atoms with E-state index in [0.717, 1.165) is 19.6 Å². The number of hydrogen-bond donors (Lipinski definition) is 0. The highest BCUT2D eigenvalue weighted by atomic mass is 35.5. The summed E-state index contributed by atoms with van der Waals surface area (Å²) in [5, 5.41) is 0. The molecular weight excluding hydrogens is 202 g/mol. The standard InChI is InChI=1S/C10H18ClNO2/c11-5-4-10(13)14-9-8-12-6-2-1-3-7-12/h1-9H2. The van der Waals surface area contributed by atoms with Gasteiger partial charge in [-0.3, -0.25) is 9.69 Å². The number of piperidine rings is 1. The molecule has 1 aliphatic heterocycles. The van der Waals surface area contributed by atoms with Crippen LogP contribution < -0.4 is 0 Å². The minimum atomic E-state index is -0.183. The monoisotopic (exact) mass is 219 g/mol. The lowest BCUT2D eigenvalue weighted by molar-refractivity contribution is -0.143. The predicted molar refractivity (Wildman–Crippen MR) is 56.6 cm³/mol. The zero-order valence-corrected chi connectivity index (χ0v) is 9.26. The van der Waals surface area contributed by atoms with Crippen molar-refractivity contribution in [2.45, 2.75) is 25.7 Å². The number of ether oxygens (including phenoxy) is 1. The normalized spacial score (nSPS) is 18.1. The van der Waals surface area contributed by atoms with Crippen molar-refractivity contribution in [2.24, 2.45) is 0 Å². The summed E-state index contributed by atoms with van der Waals surface area (Å²) < 4.78 is 5.02. The molecule has 1 fully saturated rings. The summed E-state index contributed by atoms with van der Waals surface area (Å²) in [7, 11) is 0. The summed E-state index contributed by atoms with van der Waals surface area (Å²) in [5.74, 6) is 0.166. The molecule has 0 unspecified atom stereocenters. The molecule has 0 saturated carbocycles. The Morgan fingerprint density at radius 2 is 2.00 bits per heavy atom. The summed E-state index contributed by atoms with van der Waals surface area (Å²) in [6, 6.07) is 0. The molecule has 1 rings (SSSR count). The topological polar surface area (TPSA) is 29.5 Å². The smallest absolute Gasteiger partial charge is 0.307 e. The van der Waals surface area contributed by atoms with Gasteiger partial charge in [0.15, 0.2) is 0 Å². The molecule has 14 heavy (non-hydrogen) atoms. The first-order valence-corrected chi connectivity index (χ1v) is 5.80. The van der Waals surface area contributed by atoms with Gasteiger partial charge >= 0.3 is 5.97 Å². The molecule has 0 aromatic heterocycles. The Morgan fingerprint density at radius 3 is 2.64 bits per heavy atom. The molecule has 0 spiro atoms. The van der Waals surface area contributed by atoms with Gasteiger partial charge in [0.25, 0.3) is 0 Å². The summed E-state index contributed by atoms with van der Waals surface area (Å²) >= 11 is 5.41. The largest absolute Gasteiger partial charge is 0.464 e. The maximum atomic E-state index is 11.0. The van der Waals surface area contributed by atoms with Crippen molar-refractivity contribution in [1.82, 2.24) is 4.90 Å². The number of hydrogen-bond acceptors (Lipinski definition) is 3. The minimum Gasteiger partial charge on any atom is -0.464 e. The first-order chi connectivity index (χ1) is 6.83. The second kappa shape index (κ2) is 7.07. The van der Waals surface area contributed by atoms with Gasteiger partial charge in [0.2, 0.25) is 0 Å². The van der Waals surface area contributed by atoms with Crippen LogP contribution in [0.15, 0.2) is 0 Å². The van der Waals surface area contributed by atoms with Crippen LogP contribution in [0.25, 0.3) is 0 Å². The third-order valence-corrected chi connectivity index (χ3v) is 2.61. The molecule has 0 bridgehead atoms. The van der Waals surface area contributed by atoms with E-state index in [2.05, 4.69) is 4.90 Å². The number of carbonyl (C=O) groups excluding carboxylic acids is 1. The molecule has 82 valence electrons. The first kappa shape index (κ1) is 11.8. The van der Waals surface area contributed by atoms with Crippen LogP contribution in [0.4, 0.5) is 0 Å². The Labute approximate surface area is 90.4 Å². The van der Waals surface area contributed by atoms with E-state index in [1.807, 2.05) is 0 Å². The highest BCUT2D eigenvalue weighted by Gasteiger charge is 2.10. The van der Waals surface area contributed by atoms with Crippen LogP contribution in [0.3, 0.4) is 0 Å². The maximum Gasteiger partial charge on any atom is 0.307 e. The van der Waals surface area contributed by atoms with E-state index in [-0.39, 0.29) is 5.97 Å². The van der Waals surface area contributed by atoms with E-state index in [9.17, 15) is 4.79 Å². The van der Waals surface area contributed by atoms with E-state index < -0.39 is 0 Å². The van der Waals surface area contributed by atoms with Gasteiger partial charge in [-0.15, -0.1) is 11.6 Å². The molecule has 0 aliphatic carbocycles. The van der Waals surface area contributed by atoms with Crippen LogP contribution in [-0.2, 0) is 9.53 Å². The van der Waals surface area contributed by atoms with Gasteiger partial charge in [0.1, 0.15) is 6.61 Å². The van der Waals surface area contributed by atoms with Gasteiger partial charge < -0.3 is 4.74 Å². The van der Waals surface area contributed by atoms with Crippen molar-refractivity contribution in [2.75, 3.05) is 32.1 Å². The first-order valence-electron chi connectivity index (χ1n) is 5.27. The second-order valence-corrected chi connectivity index (χ2v) is 3.94. The van der Waals surface area contributed by atoms with Crippen LogP contribution in [0.2, 0.25) is 0 Å². The summed E-state index contributed by atoms with van der Waals surface area (Å²) in [6.07, 6.45) is 4.20. The Kier molecular flexibility index (Phi) is 5.96. The molecule has 0 aromatic rings. The Balaban J connectivity index is 1.99. The molecule has 1 heterocycles. The van der Waals surface area contributed by atoms with Crippen LogP contribution >= 0.6 is 11.6 Å². The molecular formula is C10H18ClNO2. The van der Waals surface area contributed by atoms with Crippen molar-refractivity contribution < 1.29 is 9.53 Å². The maximum absolute atomic E-state index is 11.0. The summed E-state index contributed by atoms with van der Waals surface area (Å²) in [6.45, 7) is 3.67. The zero-order valence-electron chi connectivity index (χ0n) is 8.51. The molecule has 0 N–H and O–H groups in total.